The number of carbonyl (C=O) groups excluding carboxylic acids is 2. The van der Waals surface area contributed by atoms with Gasteiger partial charge in [-0.1, -0.05) is 0 Å². The number of nitrogens with two attached hydrogens (primary N) is 1. The van der Waals surface area contributed by atoms with Gasteiger partial charge in [0.25, 0.3) is 5.91 Å². The second-order valence-corrected chi connectivity index (χ2v) is 7.94. The number of pyridine rings is 1. The summed E-state index contributed by atoms with van der Waals surface area (Å²) in [5, 5.41) is 2.57. The van der Waals surface area contributed by atoms with Crippen LogP contribution in [0.2, 0.25) is 0 Å². The number of nitrogens with zero attached hydrogens (tertiary/aromatic N) is 3. The Morgan fingerprint density at radius 2 is 1.91 bits per heavy atom. The van der Waals surface area contributed by atoms with Gasteiger partial charge >= 0.3 is 6.61 Å². The number of benzene rings is 1. The van der Waals surface area contributed by atoms with E-state index in [1.54, 1.807) is 20.8 Å². The predicted molar refractivity (Wildman–Crippen MR) is 111 cm³/mol. The van der Waals surface area contributed by atoms with Crippen LogP contribution in [0.1, 0.15) is 36.8 Å². The summed E-state index contributed by atoms with van der Waals surface area (Å²) in [7, 11) is 1.49. The van der Waals surface area contributed by atoms with Crippen molar-refractivity contribution in [2.45, 2.75) is 32.9 Å². The fraction of sp³-hybridized carbons (Fsp3) is 0.333. The molecule has 1 aromatic heterocycles. The van der Waals surface area contributed by atoms with E-state index in [2.05, 4.69) is 20.0 Å². The van der Waals surface area contributed by atoms with Crippen LogP contribution in [0.5, 0.6) is 5.75 Å². The Morgan fingerprint density at radius 3 is 2.50 bits per heavy atom. The van der Waals surface area contributed by atoms with E-state index in [0.29, 0.717) is 0 Å². The first-order chi connectivity index (χ1) is 14.9. The second-order valence-electron chi connectivity index (χ2n) is 7.94. The molecule has 1 aromatic carbocycles. The van der Waals surface area contributed by atoms with Crippen molar-refractivity contribution in [2.75, 3.05) is 12.4 Å². The average molecular weight is 449 g/mol. The molecule has 1 aliphatic rings. The number of rotatable bonds is 5. The van der Waals surface area contributed by atoms with Gasteiger partial charge in [0.15, 0.2) is 5.96 Å². The zero-order chi connectivity index (χ0) is 23.8. The molecule has 0 radical (unpaired) electrons. The van der Waals surface area contributed by atoms with Gasteiger partial charge in [0.1, 0.15) is 22.8 Å². The number of ether oxygens (including phenoxy) is 1. The predicted octanol–water partition coefficient (Wildman–Crippen LogP) is 3.10. The highest BCUT2D eigenvalue weighted by molar-refractivity contribution is 6.03. The van der Waals surface area contributed by atoms with E-state index in [1.165, 1.54) is 36.2 Å². The lowest BCUT2D eigenvalue weighted by atomic mass is 9.67. The molecule has 2 heterocycles. The number of aromatic nitrogens is 1. The molecule has 0 aliphatic carbocycles. The molecular formula is C21H22F3N5O3. The van der Waals surface area contributed by atoms with Crippen molar-refractivity contribution in [3.8, 4) is 5.75 Å². The number of nitrogens with one attached hydrogen (secondary N) is 1. The van der Waals surface area contributed by atoms with Crippen LogP contribution in [-0.2, 0) is 10.3 Å². The summed E-state index contributed by atoms with van der Waals surface area (Å²) in [6.45, 7) is 1.86. The first-order valence-electron chi connectivity index (χ1n) is 9.52. The van der Waals surface area contributed by atoms with E-state index in [0.717, 1.165) is 12.3 Å². The highest BCUT2D eigenvalue weighted by Gasteiger charge is 2.53. The van der Waals surface area contributed by atoms with E-state index in [4.69, 9.17) is 5.73 Å². The van der Waals surface area contributed by atoms with Crippen LogP contribution in [0.25, 0.3) is 0 Å². The Labute approximate surface area is 182 Å². The minimum Gasteiger partial charge on any atom is -0.433 e. The van der Waals surface area contributed by atoms with E-state index in [-0.39, 0.29) is 34.6 Å². The molecule has 1 atom stereocenters. The van der Waals surface area contributed by atoms with Crippen molar-refractivity contribution in [1.82, 2.24) is 9.88 Å². The van der Waals surface area contributed by atoms with E-state index >= 15 is 0 Å². The van der Waals surface area contributed by atoms with Crippen molar-refractivity contribution in [1.29, 1.82) is 0 Å². The van der Waals surface area contributed by atoms with Crippen molar-refractivity contribution in [3.05, 3.63) is 53.6 Å². The summed E-state index contributed by atoms with van der Waals surface area (Å²) in [4.78, 5) is 34.7. The Hall–Kier alpha value is -3.63. The van der Waals surface area contributed by atoms with Gasteiger partial charge in [-0.15, -0.1) is 0 Å². The molecule has 11 heteroatoms. The number of carbonyl (C=O) groups is 2. The van der Waals surface area contributed by atoms with Gasteiger partial charge in [-0.3, -0.25) is 14.5 Å². The summed E-state index contributed by atoms with van der Waals surface area (Å²) < 4.78 is 43.6. The van der Waals surface area contributed by atoms with E-state index in [1.807, 2.05) is 0 Å². The van der Waals surface area contributed by atoms with Gasteiger partial charge in [-0.05, 0) is 51.1 Å². The van der Waals surface area contributed by atoms with Crippen LogP contribution in [0, 0.1) is 11.2 Å². The van der Waals surface area contributed by atoms with Crippen molar-refractivity contribution < 1.29 is 27.5 Å². The molecule has 2 amide bonds. The molecular weight excluding hydrogens is 427 g/mol. The number of hydrogen-bond donors (Lipinski definition) is 2. The number of guanidine groups is 1. The first-order valence-corrected chi connectivity index (χ1v) is 9.52. The highest BCUT2D eigenvalue weighted by atomic mass is 19.3. The number of alkyl halides is 2. The van der Waals surface area contributed by atoms with Gasteiger partial charge < -0.3 is 15.8 Å². The molecule has 0 unspecified atom stereocenters. The Balaban J connectivity index is 1.92. The van der Waals surface area contributed by atoms with Gasteiger partial charge in [-0.2, -0.15) is 8.78 Å². The van der Waals surface area contributed by atoms with Crippen molar-refractivity contribution in [2.24, 2.45) is 16.1 Å². The third-order valence-corrected chi connectivity index (χ3v) is 5.68. The Kier molecular flexibility index (Phi) is 5.86. The molecule has 0 saturated carbocycles. The number of halogens is 3. The van der Waals surface area contributed by atoms with Gasteiger partial charge in [0.05, 0.1) is 11.6 Å². The molecule has 0 saturated heterocycles. The van der Waals surface area contributed by atoms with Gasteiger partial charge in [0, 0.05) is 18.3 Å². The van der Waals surface area contributed by atoms with Crippen LogP contribution in [-0.4, -0.2) is 41.3 Å². The minimum absolute atomic E-state index is 0.0547. The second kappa shape index (κ2) is 8.13. The normalized spacial score (nSPS) is 20.2. The van der Waals surface area contributed by atoms with Crippen molar-refractivity contribution >= 4 is 23.5 Å². The lowest BCUT2D eigenvalue weighted by Crippen LogP contribution is -2.58. The number of amides is 2. The summed E-state index contributed by atoms with van der Waals surface area (Å²) in [6.07, 6.45) is 0.988. The quantitative estimate of drug-likeness (QED) is 0.729. The summed E-state index contributed by atoms with van der Waals surface area (Å²) in [6, 6.07) is 6.25. The molecule has 0 fully saturated rings. The molecule has 0 bridgehead atoms. The van der Waals surface area contributed by atoms with Gasteiger partial charge in [0.2, 0.25) is 5.91 Å². The third-order valence-electron chi connectivity index (χ3n) is 5.68. The Bertz CT molecular complexity index is 1090. The molecule has 0 spiro atoms. The monoisotopic (exact) mass is 449 g/mol. The van der Waals surface area contributed by atoms with Crippen LogP contribution in [0.3, 0.4) is 0 Å². The van der Waals surface area contributed by atoms with Gasteiger partial charge in [-0.25, -0.2) is 14.4 Å². The summed E-state index contributed by atoms with van der Waals surface area (Å²) in [5.41, 5.74) is 3.62. The van der Waals surface area contributed by atoms with Crippen LogP contribution < -0.4 is 15.8 Å². The SMILES string of the molecule is CN1C(=O)C(C)(C)[C@@](C)(c2cc(NC(=O)c3ccc(OC(F)F)cn3)ccc2F)N=C1N. The maximum Gasteiger partial charge on any atom is 0.387 e. The highest BCUT2D eigenvalue weighted by Crippen LogP contribution is 2.47. The molecule has 32 heavy (non-hydrogen) atoms. The summed E-state index contributed by atoms with van der Waals surface area (Å²) in [5.74, 6) is -1.87. The molecule has 3 N–H and O–H groups in total. The maximum atomic E-state index is 14.9. The fourth-order valence-corrected chi connectivity index (χ4v) is 3.43. The molecule has 3 rings (SSSR count). The molecule has 170 valence electrons. The maximum absolute atomic E-state index is 14.9. The lowest BCUT2D eigenvalue weighted by molar-refractivity contribution is -0.140. The Morgan fingerprint density at radius 1 is 1.22 bits per heavy atom. The topological polar surface area (TPSA) is 110 Å². The van der Waals surface area contributed by atoms with Crippen LogP contribution >= 0.6 is 0 Å². The smallest absolute Gasteiger partial charge is 0.387 e. The fourth-order valence-electron chi connectivity index (χ4n) is 3.43. The zero-order valence-electron chi connectivity index (χ0n) is 17.8. The van der Waals surface area contributed by atoms with E-state index in [9.17, 15) is 22.8 Å². The largest absolute Gasteiger partial charge is 0.433 e. The molecule has 2 aromatic rings. The molecule has 1 aliphatic heterocycles. The number of anilines is 1. The first kappa shape index (κ1) is 23.0. The molecule has 8 nitrogen and oxygen atoms in total. The zero-order valence-corrected chi connectivity index (χ0v) is 17.8. The average Bonchev–Trinajstić information content (AvgIpc) is 2.72. The third kappa shape index (κ3) is 3.97. The van der Waals surface area contributed by atoms with Crippen molar-refractivity contribution in [3.63, 3.8) is 0 Å². The summed E-state index contributed by atoms with van der Waals surface area (Å²) >= 11 is 0. The number of aliphatic imine (C=N–C) groups is 1. The number of hydrogen-bond acceptors (Lipinski definition) is 6. The standard InChI is InChI=1S/C21H22F3N5O3/c1-20(2)17(31)29(4)19(25)28-21(20,3)13-9-11(5-7-14(13)22)27-16(30)15-8-6-12(10-26-15)32-18(23)24/h5-10,18H,1-4H3,(H2,25,28)(H,27,30)/t21-/m1/s1. The van der Waals surface area contributed by atoms with E-state index < -0.39 is 29.3 Å². The lowest BCUT2D eigenvalue weighted by Gasteiger charge is -2.46. The minimum atomic E-state index is -3.01. The van der Waals surface area contributed by atoms with Crippen LogP contribution in [0.4, 0.5) is 18.9 Å². The van der Waals surface area contributed by atoms with Crippen LogP contribution in [0.15, 0.2) is 41.5 Å².